The molecule has 6 heteroatoms. The lowest BCUT2D eigenvalue weighted by atomic mass is 10.0. The van der Waals surface area contributed by atoms with E-state index in [1.807, 2.05) is 18.2 Å². The van der Waals surface area contributed by atoms with Gasteiger partial charge in [0.25, 0.3) is 0 Å². The third kappa shape index (κ3) is 2.87. The quantitative estimate of drug-likeness (QED) is 0.852. The van der Waals surface area contributed by atoms with Crippen molar-refractivity contribution in [1.29, 1.82) is 0 Å². The topological polar surface area (TPSA) is 67.7 Å². The number of para-hydroxylation sites is 1. The highest BCUT2D eigenvalue weighted by Gasteiger charge is 2.24. The number of ether oxygens (including phenoxy) is 2. The molecule has 23 heavy (non-hydrogen) atoms. The molecule has 1 aromatic carbocycles. The smallest absolute Gasteiger partial charge is 0.136 e. The summed E-state index contributed by atoms with van der Waals surface area (Å²) in [5, 5.41) is 10.0. The summed E-state index contributed by atoms with van der Waals surface area (Å²) in [5.74, 6) is 1.77. The highest BCUT2D eigenvalue weighted by molar-refractivity contribution is 5.53. The summed E-state index contributed by atoms with van der Waals surface area (Å²) in [6, 6.07) is 8.05. The lowest BCUT2D eigenvalue weighted by Gasteiger charge is -2.25. The first-order valence-electron chi connectivity index (χ1n) is 7.85. The molecule has 1 atom stereocenters. The summed E-state index contributed by atoms with van der Waals surface area (Å²) >= 11 is 0. The highest BCUT2D eigenvalue weighted by Crippen LogP contribution is 2.31. The minimum absolute atomic E-state index is 0.371. The first-order chi connectivity index (χ1) is 11.3. The van der Waals surface area contributed by atoms with Crippen LogP contribution in [0.3, 0.4) is 0 Å². The van der Waals surface area contributed by atoms with Crippen LogP contribution in [-0.4, -0.2) is 47.5 Å². The number of hydrogen-bond acceptors (Lipinski definition) is 6. The molecule has 2 aliphatic heterocycles. The Morgan fingerprint density at radius 3 is 3.09 bits per heavy atom. The molecule has 0 aliphatic carbocycles. The average molecular weight is 313 g/mol. The zero-order valence-corrected chi connectivity index (χ0v) is 12.8. The van der Waals surface area contributed by atoms with E-state index in [9.17, 15) is 5.11 Å². The van der Waals surface area contributed by atoms with Gasteiger partial charge in [-0.2, -0.15) is 0 Å². The van der Waals surface area contributed by atoms with Gasteiger partial charge in [-0.3, -0.25) is 0 Å². The first kappa shape index (κ1) is 14.4. The van der Waals surface area contributed by atoms with Crippen molar-refractivity contribution in [2.24, 2.45) is 0 Å². The van der Waals surface area contributed by atoms with Gasteiger partial charge in [-0.25, -0.2) is 9.97 Å². The lowest BCUT2D eigenvalue weighted by Crippen LogP contribution is -2.34. The van der Waals surface area contributed by atoms with Crippen molar-refractivity contribution in [2.45, 2.75) is 19.1 Å². The number of fused-ring (bicyclic) bond motifs is 2. The van der Waals surface area contributed by atoms with Gasteiger partial charge in [0.05, 0.1) is 25.0 Å². The number of aliphatic hydroxyl groups is 1. The van der Waals surface area contributed by atoms with E-state index in [1.54, 1.807) is 6.33 Å². The normalized spacial score (nSPS) is 20.7. The van der Waals surface area contributed by atoms with Crippen LogP contribution in [0.4, 0.5) is 5.82 Å². The molecule has 0 saturated carbocycles. The molecule has 0 bridgehead atoms. The Hall–Kier alpha value is -2.18. The minimum Gasteiger partial charge on any atom is -0.487 e. The van der Waals surface area contributed by atoms with Crippen LogP contribution in [0.5, 0.6) is 5.75 Å². The molecule has 1 aromatic heterocycles. The molecule has 120 valence electrons. The fraction of sp³-hybridized carbons (Fsp3) is 0.412. The summed E-state index contributed by atoms with van der Waals surface area (Å²) in [7, 11) is 0. The lowest BCUT2D eigenvalue weighted by molar-refractivity contribution is 0.0597. The van der Waals surface area contributed by atoms with Crippen molar-refractivity contribution < 1.29 is 14.6 Å². The number of aromatic nitrogens is 2. The zero-order valence-electron chi connectivity index (χ0n) is 12.8. The van der Waals surface area contributed by atoms with E-state index in [0.29, 0.717) is 32.9 Å². The van der Waals surface area contributed by atoms with Gasteiger partial charge >= 0.3 is 0 Å². The van der Waals surface area contributed by atoms with E-state index >= 15 is 0 Å². The summed E-state index contributed by atoms with van der Waals surface area (Å²) in [6.45, 7) is 2.63. The van der Waals surface area contributed by atoms with Crippen molar-refractivity contribution in [1.82, 2.24) is 9.97 Å². The Kier molecular flexibility index (Phi) is 3.85. The number of rotatable bonds is 1. The Labute approximate surface area is 134 Å². The van der Waals surface area contributed by atoms with E-state index < -0.39 is 6.10 Å². The van der Waals surface area contributed by atoms with Crippen molar-refractivity contribution in [2.75, 3.05) is 31.2 Å². The maximum Gasteiger partial charge on any atom is 0.136 e. The Bertz CT molecular complexity index is 707. The zero-order chi connectivity index (χ0) is 15.6. The SMILES string of the molecule is O[C@H]1COCCN(c2ncnc3c2Cc2ccccc2OC3)C1. The largest absolute Gasteiger partial charge is 0.487 e. The molecule has 1 fully saturated rings. The van der Waals surface area contributed by atoms with Gasteiger partial charge in [-0.05, 0) is 11.6 Å². The van der Waals surface area contributed by atoms with Crippen LogP contribution in [0.25, 0.3) is 0 Å². The van der Waals surface area contributed by atoms with Gasteiger partial charge in [0.2, 0.25) is 0 Å². The number of hydrogen-bond donors (Lipinski definition) is 1. The van der Waals surface area contributed by atoms with Gasteiger partial charge in [-0.1, -0.05) is 18.2 Å². The summed E-state index contributed by atoms with van der Waals surface area (Å²) in [4.78, 5) is 11.0. The molecule has 4 rings (SSSR count). The van der Waals surface area contributed by atoms with Crippen LogP contribution < -0.4 is 9.64 Å². The predicted octanol–water partition coefficient (Wildman–Crippen LogP) is 1.16. The summed E-state index contributed by atoms with van der Waals surface area (Å²) in [5.41, 5.74) is 3.12. The van der Waals surface area contributed by atoms with E-state index in [4.69, 9.17) is 9.47 Å². The maximum atomic E-state index is 10.0. The molecule has 0 spiro atoms. The monoisotopic (exact) mass is 313 g/mol. The Morgan fingerprint density at radius 1 is 1.22 bits per heavy atom. The Balaban J connectivity index is 1.73. The van der Waals surface area contributed by atoms with Gasteiger partial charge in [0.1, 0.15) is 24.5 Å². The van der Waals surface area contributed by atoms with E-state index in [-0.39, 0.29) is 0 Å². The molecule has 1 saturated heterocycles. The fourth-order valence-electron chi connectivity index (χ4n) is 3.13. The van der Waals surface area contributed by atoms with Crippen LogP contribution in [0.15, 0.2) is 30.6 Å². The van der Waals surface area contributed by atoms with Crippen LogP contribution in [0.1, 0.15) is 16.8 Å². The molecule has 2 aliphatic rings. The second kappa shape index (κ2) is 6.14. The van der Waals surface area contributed by atoms with Crippen molar-refractivity contribution in [3.8, 4) is 5.75 Å². The fourth-order valence-corrected chi connectivity index (χ4v) is 3.13. The number of aliphatic hydroxyl groups excluding tert-OH is 1. The van der Waals surface area contributed by atoms with Crippen LogP contribution in [-0.2, 0) is 17.8 Å². The number of anilines is 1. The molecule has 3 heterocycles. The highest BCUT2D eigenvalue weighted by atomic mass is 16.5. The standard InChI is InChI=1S/C17H19N3O3/c21-13-8-20(5-6-22-9-13)17-14-7-12-3-1-2-4-16(12)23-10-15(14)18-11-19-17/h1-4,11,13,21H,5-10H2/t13-/m1/s1. The van der Waals surface area contributed by atoms with E-state index in [0.717, 1.165) is 34.8 Å². The van der Waals surface area contributed by atoms with Gasteiger partial charge in [-0.15, -0.1) is 0 Å². The number of β-amino-alcohol motifs (C(OH)–C–C–N with tert-alkyl or cyclic N) is 1. The summed E-state index contributed by atoms with van der Waals surface area (Å²) < 4.78 is 11.3. The van der Waals surface area contributed by atoms with Gasteiger partial charge in [0, 0.05) is 25.1 Å². The number of nitrogens with zero attached hydrogens (tertiary/aromatic N) is 3. The molecule has 0 unspecified atom stereocenters. The van der Waals surface area contributed by atoms with Crippen LogP contribution in [0.2, 0.25) is 0 Å². The molecule has 0 amide bonds. The molecule has 0 radical (unpaired) electrons. The second-order valence-corrected chi connectivity index (χ2v) is 5.87. The number of benzene rings is 1. The second-order valence-electron chi connectivity index (χ2n) is 5.87. The maximum absolute atomic E-state index is 10.0. The van der Waals surface area contributed by atoms with E-state index in [1.165, 1.54) is 0 Å². The van der Waals surface area contributed by atoms with Gasteiger partial charge < -0.3 is 19.5 Å². The minimum atomic E-state index is -0.502. The third-order valence-electron chi connectivity index (χ3n) is 4.26. The van der Waals surface area contributed by atoms with Crippen molar-refractivity contribution >= 4 is 5.82 Å². The molecule has 6 nitrogen and oxygen atoms in total. The van der Waals surface area contributed by atoms with Crippen LogP contribution >= 0.6 is 0 Å². The van der Waals surface area contributed by atoms with Crippen LogP contribution in [0, 0.1) is 0 Å². The molecule has 1 N–H and O–H groups in total. The Morgan fingerprint density at radius 2 is 2.13 bits per heavy atom. The van der Waals surface area contributed by atoms with Gasteiger partial charge in [0.15, 0.2) is 0 Å². The first-order valence-corrected chi connectivity index (χ1v) is 7.85. The van der Waals surface area contributed by atoms with E-state index in [2.05, 4.69) is 20.9 Å². The molecular weight excluding hydrogens is 294 g/mol. The third-order valence-corrected chi connectivity index (χ3v) is 4.26. The van der Waals surface area contributed by atoms with Crippen molar-refractivity contribution in [3.05, 3.63) is 47.4 Å². The molecular formula is C17H19N3O3. The predicted molar refractivity (Wildman–Crippen MR) is 84.7 cm³/mol. The summed E-state index contributed by atoms with van der Waals surface area (Å²) in [6.07, 6.45) is 1.80. The molecule has 2 aromatic rings. The average Bonchev–Trinajstić information content (AvgIpc) is 2.90. The van der Waals surface area contributed by atoms with Crippen molar-refractivity contribution in [3.63, 3.8) is 0 Å².